The predicted molar refractivity (Wildman–Crippen MR) is 98.8 cm³/mol. The van der Waals surface area contributed by atoms with E-state index >= 15 is 0 Å². The van der Waals surface area contributed by atoms with Crippen LogP contribution < -0.4 is 4.72 Å². The topological polar surface area (TPSA) is 67.2 Å². The lowest BCUT2D eigenvalue weighted by molar-refractivity contribution is 0.266. The second-order valence-corrected chi connectivity index (χ2v) is 9.24. The smallest absolute Gasteiger partial charge is 0.237 e. The highest BCUT2D eigenvalue weighted by molar-refractivity contribution is 7.87. The summed E-state index contributed by atoms with van der Waals surface area (Å²) in [5.41, 5.74) is 3.02. The first-order valence-corrected chi connectivity index (χ1v) is 10.0. The summed E-state index contributed by atoms with van der Waals surface area (Å²) in [6, 6.07) is 9.69. The van der Waals surface area contributed by atoms with Gasteiger partial charge < -0.3 is 0 Å². The quantitative estimate of drug-likeness (QED) is 0.889. The fourth-order valence-electron chi connectivity index (χ4n) is 3.38. The molecule has 0 unspecified atom stereocenters. The summed E-state index contributed by atoms with van der Waals surface area (Å²) in [4.78, 5) is 0. The Labute approximate surface area is 150 Å². The lowest BCUT2D eigenvalue weighted by atomic mass is 9.74. The summed E-state index contributed by atoms with van der Waals surface area (Å²) in [5.74, 6) is 0. The van der Waals surface area contributed by atoms with Gasteiger partial charge in [-0.2, -0.15) is 22.5 Å². The van der Waals surface area contributed by atoms with Crippen molar-refractivity contribution in [3.63, 3.8) is 0 Å². The van der Waals surface area contributed by atoms with Crippen molar-refractivity contribution in [2.45, 2.75) is 39.7 Å². The van der Waals surface area contributed by atoms with Crippen LogP contribution >= 0.6 is 0 Å². The molecule has 0 saturated carbocycles. The maximum atomic E-state index is 12.5. The van der Waals surface area contributed by atoms with Crippen LogP contribution in [0.1, 0.15) is 44.5 Å². The summed E-state index contributed by atoms with van der Waals surface area (Å²) in [5, 5.41) is 4.55. The van der Waals surface area contributed by atoms with Gasteiger partial charge in [0, 0.05) is 24.8 Å². The van der Waals surface area contributed by atoms with Crippen molar-refractivity contribution in [2.75, 3.05) is 13.6 Å². The lowest BCUT2D eigenvalue weighted by Crippen LogP contribution is -2.43. The Hall–Kier alpha value is -1.70. The van der Waals surface area contributed by atoms with Crippen molar-refractivity contribution in [1.82, 2.24) is 18.8 Å². The molecule has 1 aromatic heterocycles. The monoisotopic (exact) mass is 362 g/mol. The molecular formula is C18H26N4O2S. The van der Waals surface area contributed by atoms with Gasteiger partial charge in [0.2, 0.25) is 0 Å². The van der Waals surface area contributed by atoms with Crippen LogP contribution in [0.2, 0.25) is 0 Å². The van der Waals surface area contributed by atoms with Gasteiger partial charge in [-0.15, -0.1) is 0 Å². The number of aromatic nitrogens is 2. The summed E-state index contributed by atoms with van der Waals surface area (Å²) >= 11 is 0. The number of nitrogens with zero attached hydrogens (tertiary/aromatic N) is 3. The van der Waals surface area contributed by atoms with Crippen LogP contribution in [0, 0.1) is 5.41 Å². The first-order valence-electron chi connectivity index (χ1n) is 8.59. The molecule has 7 heteroatoms. The van der Waals surface area contributed by atoms with E-state index in [1.165, 1.54) is 4.31 Å². The largest absolute Gasteiger partial charge is 0.279 e. The molecule has 0 radical (unpaired) electrons. The molecule has 0 spiro atoms. The van der Waals surface area contributed by atoms with Gasteiger partial charge in [0.1, 0.15) is 0 Å². The molecule has 25 heavy (non-hydrogen) atoms. The Morgan fingerprint density at radius 1 is 1.32 bits per heavy atom. The van der Waals surface area contributed by atoms with Gasteiger partial charge in [-0.25, -0.2) is 4.68 Å². The molecule has 1 N–H and O–H groups in total. The van der Waals surface area contributed by atoms with E-state index in [0.717, 1.165) is 29.8 Å². The normalized spacial score (nSPS) is 19.8. The van der Waals surface area contributed by atoms with Crippen molar-refractivity contribution >= 4 is 10.2 Å². The van der Waals surface area contributed by atoms with Gasteiger partial charge in [-0.1, -0.05) is 39.0 Å². The van der Waals surface area contributed by atoms with Crippen LogP contribution in [0.25, 0.3) is 5.69 Å². The Morgan fingerprint density at radius 2 is 2.00 bits per heavy atom. The van der Waals surface area contributed by atoms with Crippen LogP contribution in [0.4, 0.5) is 0 Å². The number of para-hydroxylation sites is 1. The Kier molecular flexibility index (Phi) is 4.74. The van der Waals surface area contributed by atoms with Gasteiger partial charge in [-0.3, -0.25) is 0 Å². The molecule has 2 aromatic rings. The number of nitrogens with one attached hydrogen (secondary N) is 1. The number of fused-ring (bicyclic) bond motifs is 1. The summed E-state index contributed by atoms with van der Waals surface area (Å²) in [6.07, 6.45) is 3.41. The lowest BCUT2D eigenvalue weighted by Gasteiger charge is -2.36. The van der Waals surface area contributed by atoms with Crippen LogP contribution in [0.15, 0.2) is 36.5 Å². The van der Waals surface area contributed by atoms with E-state index in [-0.39, 0.29) is 11.5 Å². The number of rotatable bonds is 5. The highest BCUT2D eigenvalue weighted by Crippen LogP contribution is 2.41. The highest BCUT2D eigenvalue weighted by Gasteiger charge is 2.37. The third kappa shape index (κ3) is 3.63. The van der Waals surface area contributed by atoms with E-state index < -0.39 is 10.2 Å². The maximum absolute atomic E-state index is 12.5. The minimum absolute atomic E-state index is 0.0163. The summed E-state index contributed by atoms with van der Waals surface area (Å²) < 4.78 is 31.2. The Balaban J connectivity index is 2.01. The van der Waals surface area contributed by atoms with Gasteiger partial charge >= 0.3 is 0 Å². The molecule has 1 aliphatic carbocycles. The van der Waals surface area contributed by atoms with Crippen LogP contribution in [-0.4, -0.2) is 36.1 Å². The van der Waals surface area contributed by atoms with Gasteiger partial charge in [0.15, 0.2) is 0 Å². The molecule has 1 heterocycles. The van der Waals surface area contributed by atoms with Gasteiger partial charge in [-0.05, 0) is 30.4 Å². The molecule has 1 atom stereocenters. The molecule has 6 nitrogen and oxygen atoms in total. The Bertz CT molecular complexity index is 843. The molecule has 3 rings (SSSR count). The fraction of sp³-hybridized carbons (Fsp3) is 0.500. The molecule has 0 bridgehead atoms. The first kappa shape index (κ1) is 18.1. The van der Waals surface area contributed by atoms with Gasteiger partial charge in [0.25, 0.3) is 10.2 Å². The molecule has 136 valence electrons. The van der Waals surface area contributed by atoms with Crippen molar-refractivity contribution in [3.05, 3.63) is 47.8 Å². The molecular weight excluding hydrogens is 336 g/mol. The zero-order valence-corrected chi connectivity index (χ0v) is 16.0. The van der Waals surface area contributed by atoms with E-state index in [4.69, 9.17) is 0 Å². The summed E-state index contributed by atoms with van der Waals surface area (Å²) in [7, 11) is -1.92. The molecule has 1 aliphatic rings. The average molecular weight is 362 g/mol. The van der Waals surface area contributed by atoms with Crippen LogP contribution in [0.3, 0.4) is 0 Å². The van der Waals surface area contributed by atoms with E-state index in [1.54, 1.807) is 13.2 Å². The van der Waals surface area contributed by atoms with E-state index in [0.29, 0.717) is 6.54 Å². The number of hydrogen-bond donors (Lipinski definition) is 1. The van der Waals surface area contributed by atoms with Gasteiger partial charge in [0.05, 0.1) is 17.9 Å². The third-order valence-corrected chi connectivity index (χ3v) is 6.49. The predicted octanol–water partition coefficient (Wildman–Crippen LogP) is 2.67. The second kappa shape index (κ2) is 6.55. The standard InChI is InChI=1S/C18H26N4O2S/c1-5-21(4)25(23,24)20-16-11-18(2,3)12-17-15(16)13-19-22(17)14-9-7-6-8-10-14/h6-10,13,16,20H,5,11-12H2,1-4H3/t16-/m1/s1. The van der Waals surface area contributed by atoms with E-state index in [2.05, 4.69) is 23.7 Å². The minimum atomic E-state index is -3.51. The second-order valence-electron chi connectivity index (χ2n) is 7.43. The SMILES string of the molecule is CCN(C)S(=O)(=O)N[C@@H]1CC(C)(C)Cc2c1cnn2-c1ccccc1. The van der Waals surface area contributed by atoms with Crippen molar-refractivity contribution in [3.8, 4) is 5.69 Å². The third-order valence-electron chi connectivity index (χ3n) is 4.83. The Morgan fingerprint density at radius 3 is 2.64 bits per heavy atom. The number of hydrogen-bond acceptors (Lipinski definition) is 3. The van der Waals surface area contributed by atoms with E-state index in [1.807, 2.05) is 41.9 Å². The van der Waals surface area contributed by atoms with Crippen molar-refractivity contribution in [1.29, 1.82) is 0 Å². The highest BCUT2D eigenvalue weighted by atomic mass is 32.2. The van der Waals surface area contributed by atoms with Crippen LogP contribution in [0.5, 0.6) is 0 Å². The molecule has 1 aromatic carbocycles. The van der Waals surface area contributed by atoms with Crippen LogP contribution in [-0.2, 0) is 16.6 Å². The molecule has 0 fully saturated rings. The molecule has 0 saturated heterocycles. The summed E-state index contributed by atoms with van der Waals surface area (Å²) in [6.45, 7) is 6.59. The van der Waals surface area contributed by atoms with E-state index in [9.17, 15) is 8.42 Å². The van der Waals surface area contributed by atoms with Crippen molar-refractivity contribution in [2.24, 2.45) is 5.41 Å². The van der Waals surface area contributed by atoms with Crippen molar-refractivity contribution < 1.29 is 8.42 Å². The molecule has 0 aliphatic heterocycles. The maximum Gasteiger partial charge on any atom is 0.279 e. The molecule has 0 amide bonds. The zero-order valence-electron chi connectivity index (χ0n) is 15.2. The minimum Gasteiger partial charge on any atom is -0.237 e. The number of benzene rings is 1. The fourth-order valence-corrected chi connectivity index (χ4v) is 4.47. The zero-order chi connectivity index (χ0) is 18.2. The average Bonchev–Trinajstić information content (AvgIpc) is 2.97. The first-order chi connectivity index (χ1) is 11.7.